The molecule has 1 N–H and O–H groups in total. The van der Waals surface area contributed by atoms with Crippen LogP contribution in [0.15, 0.2) is 35.0 Å². The van der Waals surface area contributed by atoms with Crippen LogP contribution >= 0.6 is 22.7 Å². The van der Waals surface area contributed by atoms with Crippen LogP contribution in [-0.2, 0) is 6.42 Å². The van der Waals surface area contributed by atoms with Crippen molar-refractivity contribution >= 4 is 22.7 Å². The van der Waals surface area contributed by atoms with Gasteiger partial charge in [0.1, 0.15) is 0 Å². The predicted molar refractivity (Wildman–Crippen MR) is 80.4 cm³/mol. The smallest absolute Gasteiger partial charge is 0.0445 e. The third-order valence-corrected chi connectivity index (χ3v) is 5.35. The Morgan fingerprint density at radius 3 is 2.61 bits per heavy atom. The van der Waals surface area contributed by atoms with E-state index in [1.165, 1.54) is 22.6 Å². The van der Waals surface area contributed by atoms with E-state index < -0.39 is 0 Å². The maximum atomic E-state index is 3.84. The molecule has 0 radical (unpaired) electrons. The fourth-order valence-corrected chi connectivity index (χ4v) is 4.16. The van der Waals surface area contributed by atoms with Crippen LogP contribution in [0.4, 0.5) is 0 Å². The molecule has 0 amide bonds. The summed E-state index contributed by atoms with van der Waals surface area (Å²) in [5.41, 5.74) is 0. The summed E-state index contributed by atoms with van der Waals surface area (Å²) in [7, 11) is 0. The van der Waals surface area contributed by atoms with Crippen LogP contribution in [0, 0.1) is 5.92 Å². The lowest BCUT2D eigenvalue weighted by Gasteiger charge is -2.22. The molecule has 1 aliphatic carbocycles. The van der Waals surface area contributed by atoms with E-state index in [4.69, 9.17) is 0 Å². The lowest BCUT2D eigenvalue weighted by atomic mass is 10.1. The molecule has 2 aromatic rings. The van der Waals surface area contributed by atoms with Crippen molar-refractivity contribution in [1.29, 1.82) is 0 Å². The first-order valence-electron chi connectivity index (χ1n) is 6.65. The molecule has 0 aliphatic heterocycles. The van der Waals surface area contributed by atoms with Crippen LogP contribution in [0.5, 0.6) is 0 Å². The van der Waals surface area contributed by atoms with Crippen LogP contribution in [0.2, 0.25) is 0 Å². The van der Waals surface area contributed by atoms with Gasteiger partial charge in [0.2, 0.25) is 0 Å². The van der Waals surface area contributed by atoms with E-state index in [0.29, 0.717) is 12.1 Å². The zero-order chi connectivity index (χ0) is 12.4. The Hall–Kier alpha value is -0.640. The average molecular weight is 277 g/mol. The number of thiophene rings is 2. The average Bonchev–Trinajstić information content (AvgIpc) is 2.85. The van der Waals surface area contributed by atoms with Crippen LogP contribution in [0.1, 0.15) is 35.6 Å². The molecule has 0 aromatic carbocycles. The predicted octanol–water partition coefficient (Wildman–Crippen LogP) is 4.48. The Bertz CT molecular complexity index is 457. The summed E-state index contributed by atoms with van der Waals surface area (Å²) in [6, 6.07) is 9.96. The second-order valence-electron chi connectivity index (χ2n) is 5.18. The van der Waals surface area contributed by atoms with E-state index in [1.54, 1.807) is 0 Å². The fraction of sp³-hybridized carbons (Fsp3) is 0.467. The lowest BCUT2D eigenvalue weighted by Crippen LogP contribution is -2.32. The van der Waals surface area contributed by atoms with Gasteiger partial charge in [-0.15, -0.1) is 22.7 Å². The number of rotatable bonds is 6. The van der Waals surface area contributed by atoms with Crippen molar-refractivity contribution in [2.24, 2.45) is 5.92 Å². The number of hydrogen-bond donors (Lipinski definition) is 1. The molecule has 1 saturated carbocycles. The van der Waals surface area contributed by atoms with Crippen molar-refractivity contribution in [3.8, 4) is 0 Å². The Balaban J connectivity index is 1.62. The van der Waals surface area contributed by atoms with E-state index >= 15 is 0 Å². The molecule has 18 heavy (non-hydrogen) atoms. The van der Waals surface area contributed by atoms with E-state index in [0.717, 1.165) is 12.3 Å². The Labute approximate surface area is 117 Å². The second-order valence-corrected chi connectivity index (χ2v) is 7.19. The molecule has 0 bridgehead atoms. The van der Waals surface area contributed by atoms with Crippen molar-refractivity contribution in [2.45, 2.75) is 38.3 Å². The number of hydrogen-bond acceptors (Lipinski definition) is 3. The highest BCUT2D eigenvalue weighted by Gasteiger charge is 2.33. The zero-order valence-electron chi connectivity index (χ0n) is 10.6. The lowest BCUT2D eigenvalue weighted by molar-refractivity contribution is 0.423. The van der Waals surface area contributed by atoms with Gasteiger partial charge in [-0.1, -0.05) is 12.1 Å². The van der Waals surface area contributed by atoms with Crippen molar-refractivity contribution in [1.82, 2.24) is 5.32 Å². The maximum Gasteiger partial charge on any atom is 0.0445 e. The van der Waals surface area contributed by atoms with Gasteiger partial charge in [0.25, 0.3) is 0 Å². The molecule has 2 unspecified atom stereocenters. The first-order chi connectivity index (χ1) is 8.83. The van der Waals surface area contributed by atoms with Crippen LogP contribution in [0.25, 0.3) is 0 Å². The van der Waals surface area contributed by atoms with E-state index in [1.807, 2.05) is 22.7 Å². The second kappa shape index (κ2) is 5.55. The minimum absolute atomic E-state index is 0.552. The summed E-state index contributed by atoms with van der Waals surface area (Å²) in [4.78, 5) is 2.99. The van der Waals surface area contributed by atoms with Gasteiger partial charge >= 0.3 is 0 Å². The summed E-state index contributed by atoms with van der Waals surface area (Å²) in [5.74, 6) is 0.870. The van der Waals surface area contributed by atoms with Gasteiger partial charge in [-0.2, -0.15) is 0 Å². The highest BCUT2D eigenvalue weighted by atomic mass is 32.1. The molecule has 2 atom stereocenters. The molecule has 2 heterocycles. The zero-order valence-corrected chi connectivity index (χ0v) is 12.3. The summed E-state index contributed by atoms with van der Waals surface area (Å²) in [6.07, 6.45) is 3.93. The molecule has 0 spiro atoms. The van der Waals surface area contributed by atoms with Gasteiger partial charge in [0.05, 0.1) is 0 Å². The summed E-state index contributed by atoms with van der Waals surface area (Å²) >= 11 is 3.75. The minimum Gasteiger partial charge on any atom is -0.306 e. The molecule has 1 nitrogen and oxygen atoms in total. The largest absolute Gasteiger partial charge is 0.306 e. The van der Waals surface area contributed by atoms with Crippen molar-refractivity contribution < 1.29 is 0 Å². The SMILES string of the molecule is CC(Cc1cccs1)NC(c1cccs1)C1CC1. The highest BCUT2D eigenvalue weighted by Crippen LogP contribution is 2.42. The van der Waals surface area contributed by atoms with E-state index in [2.05, 4.69) is 47.3 Å². The van der Waals surface area contributed by atoms with Gasteiger partial charge < -0.3 is 5.32 Å². The van der Waals surface area contributed by atoms with Crippen LogP contribution in [0.3, 0.4) is 0 Å². The van der Waals surface area contributed by atoms with Crippen LogP contribution < -0.4 is 5.32 Å². The highest BCUT2D eigenvalue weighted by molar-refractivity contribution is 7.10. The van der Waals surface area contributed by atoms with E-state index in [-0.39, 0.29) is 0 Å². The molecule has 0 saturated heterocycles. The topological polar surface area (TPSA) is 12.0 Å². The Morgan fingerprint density at radius 2 is 2.00 bits per heavy atom. The van der Waals surface area contributed by atoms with Crippen molar-refractivity contribution in [3.05, 3.63) is 44.8 Å². The van der Waals surface area contributed by atoms with Gasteiger partial charge in [0, 0.05) is 21.8 Å². The summed E-state index contributed by atoms with van der Waals surface area (Å²) < 4.78 is 0. The summed E-state index contributed by atoms with van der Waals surface area (Å²) in [5, 5.41) is 8.19. The first kappa shape index (κ1) is 12.4. The van der Waals surface area contributed by atoms with Gasteiger partial charge in [-0.25, -0.2) is 0 Å². The normalized spacial score (nSPS) is 18.7. The third kappa shape index (κ3) is 3.02. The molecule has 1 fully saturated rings. The Morgan fingerprint density at radius 1 is 1.22 bits per heavy atom. The van der Waals surface area contributed by atoms with Gasteiger partial charge in [0.15, 0.2) is 0 Å². The van der Waals surface area contributed by atoms with Crippen molar-refractivity contribution in [3.63, 3.8) is 0 Å². The number of nitrogens with one attached hydrogen (secondary N) is 1. The van der Waals surface area contributed by atoms with Crippen molar-refractivity contribution in [2.75, 3.05) is 0 Å². The minimum atomic E-state index is 0.552. The molecule has 3 rings (SSSR count). The summed E-state index contributed by atoms with van der Waals surface area (Å²) in [6.45, 7) is 2.31. The standard InChI is InChI=1S/C15H19NS2/c1-11(10-13-4-2-8-17-13)16-15(12-6-7-12)14-5-3-9-18-14/h2-5,8-9,11-12,15-16H,6-7,10H2,1H3. The molecule has 2 aromatic heterocycles. The molecule has 1 aliphatic rings. The monoisotopic (exact) mass is 277 g/mol. The molecular formula is C15H19NS2. The van der Waals surface area contributed by atoms with Crippen LogP contribution in [-0.4, -0.2) is 6.04 Å². The third-order valence-electron chi connectivity index (χ3n) is 3.49. The maximum absolute atomic E-state index is 3.84. The fourth-order valence-electron chi connectivity index (χ4n) is 2.44. The molecule has 3 heteroatoms. The first-order valence-corrected chi connectivity index (χ1v) is 8.40. The molecule has 96 valence electrons. The molecular weight excluding hydrogens is 258 g/mol. The van der Waals surface area contributed by atoms with Gasteiger partial charge in [-0.3, -0.25) is 0 Å². The Kier molecular flexibility index (Phi) is 3.83. The van der Waals surface area contributed by atoms with E-state index in [9.17, 15) is 0 Å². The van der Waals surface area contributed by atoms with Gasteiger partial charge in [-0.05, 0) is 55.0 Å². The quantitative estimate of drug-likeness (QED) is 0.821.